The van der Waals surface area contributed by atoms with E-state index in [9.17, 15) is 0 Å². The molecule has 4 heteroatoms. The first-order chi connectivity index (χ1) is 6.42. The number of aryl methyl sites for hydroxylation is 1. The number of hydrogen-bond donors (Lipinski definition) is 0. The molecule has 0 aliphatic heterocycles. The minimum atomic E-state index is 0.567. The van der Waals surface area contributed by atoms with Crippen LogP contribution in [0.15, 0.2) is 17.0 Å². The number of hydrogen-bond acceptors (Lipinski definition) is 4. The minimum Gasteiger partial charge on any atom is -0.335 e. The maximum absolute atomic E-state index is 4.94. The normalized spacial score (nSPS) is 9.46. The van der Waals surface area contributed by atoms with Gasteiger partial charge in [0.05, 0.1) is 11.1 Å². The van der Waals surface area contributed by atoms with Crippen LogP contribution < -0.4 is 0 Å². The molecule has 0 fully saturated rings. The molecule has 0 aromatic carbocycles. The van der Waals surface area contributed by atoms with Gasteiger partial charge in [0.2, 0.25) is 0 Å². The lowest BCUT2D eigenvalue weighted by Gasteiger charge is -1.84. The van der Waals surface area contributed by atoms with Gasteiger partial charge in [0, 0.05) is 6.20 Å². The van der Waals surface area contributed by atoms with E-state index in [0.29, 0.717) is 5.71 Å². The Bertz CT molecular complexity index is 370. The van der Waals surface area contributed by atoms with E-state index in [-0.39, 0.29) is 0 Å². The second-order valence-corrected chi connectivity index (χ2v) is 2.22. The van der Waals surface area contributed by atoms with Crippen molar-refractivity contribution in [1.82, 2.24) is 15.1 Å². The van der Waals surface area contributed by atoms with Crippen molar-refractivity contribution in [3.63, 3.8) is 0 Å². The molecule has 0 amide bonds. The van der Waals surface area contributed by atoms with Crippen molar-refractivity contribution in [1.29, 1.82) is 0 Å². The zero-order chi connectivity index (χ0) is 9.68. The molecule has 70 valence electrons. The van der Waals surface area contributed by atoms with E-state index in [1.165, 1.54) is 6.33 Å². The number of aromatic nitrogens is 3. The van der Waals surface area contributed by atoms with Gasteiger partial charge in [-0.2, -0.15) is 4.98 Å². The molecule has 0 radical (unpaired) electrons. The van der Waals surface area contributed by atoms with Gasteiger partial charge in [-0.25, -0.2) is 4.98 Å². The second kappa shape index (κ2) is 4.54. The molecule has 0 N–H and O–H groups in total. The molecule has 4 nitrogen and oxygen atoms in total. The van der Waals surface area contributed by atoms with Gasteiger partial charge in [0.15, 0.2) is 0 Å². The van der Waals surface area contributed by atoms with Crippen molar-refractivity contribution in [3.05, 3.63) is 18.2 Å². The third kappa shape index (κ3) is 1.83. The summed E-state index contributed by atoms with van der Waals surface area (Å²) in [6.45, 7) is 6.02. The van der Waals surface area contributed by atoms with Crippen LogP contribution in [-0.4, -0.2) is 15.1 Å². The van der Waals surface area contributed by atoms with E-state index in [1.807, 2.05) is 20.8 Å². The number of rotatable bonds is 1. The van der Waals surface area contributed by atoms with Gasteiger partial charge < -0.3 is 4.52 Å². The van der Waals surface area contributed by atoms with Crippen molar-refractivity contribution < 1.29 is 4.52 Å². The summed E-state index contributed by atoms with van der Waals surface area (Å²) >= 11 is 0. The highest BCUT2D eigenvalue weighted by atomic mass is 16.5. The molecule has 2 aromatic rings. The van der Waals surface area contributed by atoms with Crippen LogP contribution in [0.5, 0.6) is 0 Å². The summed E-state index contributed by atoms with van der Waals surface area (Å²) in [6.07, 6.45) is 4.02. The molecule has 0 aliphatic carbocycles. The summed E-state index contributed by atoms with van der Waals surface area (Å²) in [7, 11) is 0. The van der Waals surface area contributed by atoms with Gasteiger partial charge in [-0.3, -0.25) is 0 Å². The molecule has 0 unspecified atom stereocenters. The maximum atomic E-state index is 4.94. The predicted octanol–water partition coefficient (Wildman–Crippen LogP) is 2.21. The molecule has 2 heterocycles. The first-order valence-electron chi connectivity index (χ1n) is 4.46. The zero-order valence-electron chi connectivity index (χ0n) is 8.11. The Morgan fingerprint density at radius 2 is 2.15 bits per heavy atom. The van der Waals surface area contributed by atoms with E-state index in [1.54, 1.807) is 6.20 Å². The van der Waals surface area contributed by atoms with E-state index >= 15 is 0 Å². The van der Waals surface area contributed by atoms with Gasteiger partial charge in [-0.1, -0.05) is 25.9 Å². The molecule has 0 aliphatic rings. The molecular formula is C9H13N3O. The Morgan fingerprint density at radius 1 is 1.38 bits per heavy atom. The maximum Gasteiger partial charge on any atom is 0.260 e. The van der Waals surface area contributed by atoms with Crippen LogP contribution >= 0.6 is 0 Å². The molecule has 2 rings (SSSR count). The van der Waals surface area contributed by atoms with Crippen molar-refractivity contribution in [2.75, 3.05) is 0 Å². The standard InChI is InChI=1S/C7H7N3O.C2H6/c1-2-6-5-3-8-4-9-7(5)11-10-6;1-2/h3-4H,2H2,1H3;1-2H3. The van der Waals surface area contributed by atoms with Gasteiger partial charge in [0.1, 0.15) is 6.33 Å². The monoisotopic (exact) mass is 179 g/mol. The van der Waals surface area contributed by atoms with Crippen LogP contribution in [0.3, 0.4) is 0 Å². The SMILES string of the molecule is CC.CCc1noc2ncncc12. The van der Waals surface area contributed by atoms with Crippen LogP contribution in [0.2, 0.25) is 0 Å². The highest BCUT2D eigenvalue weighted by molar-refractivity contribution is 5.74. The Labute approximate surface area is 77.0 Å². The molecule has 2 aromatic heterocycles. The summed E-state index contributed by atoms with van der Waals surface area (Å²) < 4.78 is 4.94. The summed E-state index contributed by atoms with van der Waals surface area (Å²) in [4.78, 5) is 7.79. The van der Waals surface area contributed by atoms with Crippen molar-refractivity contribution in [2.24, 2.45) is 0 Å². The molecule has 0 spiro atoms. The summed E-state index contributed by atoms with van der Waals surface area (Å²) in [5.41, 5.74) is 1.48. The lowest BCUT2D eigenvalue weighted by Crippen LogP contribution is -1.80. The molecule has 13 heavy (non-hydrogen) atoms. The highest BCUT2D eigenvalue weighted by Crippen LogP contribution is 2.13. The van der Waals surface area contributed by atoms with Gasteiger partial charge in [0.25, 0.3) is 5.71 Å². The van der Waals surface area contributed by atoms with E-state index < -0.39 is 0 Å². The van der Waals surface area contributed by atoms with Gasteiger partial charge >= 0.3 is 0 Å². The van der Waals surface area contributed by atoms with Crippen molar-refractivity contribution in [3.8, 4) is 0 Å². The number of nitrogens with zero attached hydrogens (tertiary/aromatic N) is 3. The minimum absolute atomic E-state index is 0.567. The highest BCUT2D eigenvalue weighted by Gasteiger charge is 2.05. The van der Waals surface area contributed by atoms with E-state index in [2.05, 4.69) is 15.1 Å². The third-order valence-electron chi connectivity index (χ3n) is 1.56. The first kappa shape index (κ1) is 9.64. The van der Waals surface area contributed by atoms with Crippen LogP contribution in [0.4, 0.5) is 0 Å². The lowest BCUT2D eigenvalue weighted by atomic mass is 10.2. The van der Waals surface area contributed by atoms with Crippen LogP contribution in [0, 0.1) is 0 Å². The molecule has 0 bridgehead atoms. The average molecular weight is 179 g/mol. The van der Waals surface area contributed by atoms with Crippen LogP contribution in [-0.2, 0) is 6.42 Å². The van der Waals surface area contributed by atoms with Crippen molar-refractivity contribution in [2.45, 2.75) is 27.2 Å². The van der Waals surface area contributed by atoms with Gasteiger partial charge in [-0.15, -0.1) is 0 Å². The Morgan fingerprint density at radius 3 is 2.85 bits per heavy atom. The topological polar surface area (TPSA) is 51.8 Å². The smallest absolute Gasteiger partial charge is 0.260 e. The Hall–Kier alpha value is -1.45. The predicted molar refractivity (Wildman–Crippen MR) is 50.3 cm³/mol. The average Bonchev–Trinajstić information content (AvgIpc) is 2.64. The summed E-state index contributed by atoms with van der Waals surface area (Å²) in [5.74, 6) is 0. The van der Waals surface area contributed by atoms with Gasteiger partial charge in [-0.05, 0) is 6.42 Å². The molecule has 0 saturated heterocycles. The lowest BCUT2D eigenvalue weighted by molar-refractivity contribution is 0.439. The van der Waals surface area contributed by atoms with E-state index in [4.69, 9.17) is 4.52 Å². The third-order valence-corrected chi connectivity index (χ3v) is 1.56. The Kier molecular flexibility index (Phi) is 3.37. The molecule has 0 saturated carbocycles. The summed E-state index contributed by atoms with van der Waals surface area (Å²) in [6, 6.07) is 0. The quantitative estimate of drug-likeness (QED) is 0.673. The Balaban J connectivity index is 0.000000396. The fourth-order valence-electron chi connectivity index (χ4n) is 0.992. The second-order valence-electron chi connectivity index (χ2n) is 2.22. The molecular weight excluding hydrogens is 166 g/mol. The zero-order valence-corrected chi connectivity index (χ0v) is 8.11. The largest absolute Gasteiger partial charge is 0.335 e. The fourth-order valence-corrected chi connectivity index (χ4v) is 0.992. The first-order valence-corrected chi connectivity index (χ1v) is 4.46. The van der Waals surface area contributed by atoms with Crippen LogP contribution in [0.25, 0.3) is 11.1 Å². The van der Waals surface area contributed by atoms with E-state index in [0.717, 1.165) is 17.5 Å². The fraction of sp³-hybridized carbons (Fsp3) is 0.444. The molecule has 0 atom stereocenters. The summed E-state index contributed by atoms with van der Waals surface area (Å²) in [5, 5.41) is 4.75. The van der Waals surface area contributed by atoms with Crippen LogP contribution in [0.1, 0.15) is 26.5 Å². The number of fused-ring (bicyclic) bond motifs is 1. The van der Waals surface area contributed by atoms with Crippen molar-refractivity contribution >= 4 is 11.1 Å².